The van der Waals surface area contributed by atoms with Crippen LogP contribution in [0, 0.1) is 0 Å². The SMILES string of the molecule is CC(CCN1CCNC(=O)CC1)N1CCNC(=O)CC1. The Bertz CT molecular complexity index is 348. The molecular weight excluding hydrogens is 256 g/mol. The van der Waals surface area contributed by atoms with E-state index in [4.69, 9.17) is 0 Å². The lowest BCUT2D eigenvalue weighted by Gasteiger charge is -2.29. The van der Waals surface area contributed by atoms with Crippen LogP contribution in [-0.2, 0) is 9.59 Å². The average Bonchev–Trinajstić information content (AvgIpc) is 2.77. The Hall–Kier alpha value is -1.14. The van der Waals surface area contributed by atoms with Crippen LogP contribution in [0.4, 0.5) is 0 Å². The van der Waals surface area contributed by atoms with Crippen molar-refractivity contribution in [3.63, 3.8) is 0 Å². The summed E-state index contributed by atoms with van der Waals surface area (Å²) in [6.07, 6.45) is 2.30. The molecule has 2 heterocycles. The highest BCUT2D eigenvalue weighted by atomic mass is 16.2. The lowest BCUT2D eigenvalue weighted by molar-refractivity contribution is -0.121. The Kier molecular flexibility index (Phi) is 5.79. The number of hydrogen-bond donors (Lipinski definition) is 2. The first-order chi connectivity index (χ1) is 9.65. The van der Waals surface area contributed by atoms with Crippen molar-refractivity contribution in [1.82, 2.24) is 20.4 Å². The van der Waals surface area contributed by atoms with Crippen molar-refractivity contribution in [3.05, 3.63) is 0 Å². The van der Waals surface area contributed by atoms with E-state index in [-0.39, 0.29) is 11.8 Å². The summed E-state index contributed by atoms with van der Waals surface area (Å²) in [5, 5.41) is 5.81. The molecule has 20 heavy (non-hydrogen) atoms. The Morgan fingerprint density at radius 2 is 1.65 bits per heavy atom. The summed E-state index contributed by atoms with van der Waals surface area (Å²) in [7, 11) is 0. The van der Waals surface area contributed by atoms with E-state index in [0.717, 1.165) is 52.2 Å². The zero-order chi connectivity index (χ0) is 14.4. The standard InChI is InChI=1S/C14H26N4O2/c1-12(18-9-4-14(20)16-6-11-18)2-7-17-8-3-13(19)15-5-10-17/h12H,2-11H2,1H3,(H,15,19)(H,16,20). The first-order valence-corrected chi connectivity index (χ1v) is 7.65. The van der Waals surface area contributed by atoms with Crippen LogP contribution < -0.4 is 10.6 Å². The summed E-state index contributed by atoms with van der Waals surface area (Å²) in [5.41, 5.74) is 0. The van der Waals surface area contributed by atoms with Crippen molar-refractivity contribution < 1.29 is 9.59 Å². The van der Waals surface area contributed by atoms with Crippen LogP contribution in [0.5, 0.6) is 0 Å². The number of hydrogen-bond acceptors (Lipinski definition) is 4. The minimum atomic E-state index is 0.164. The molecule has 0 spiro atoms. The Balaban J connectivity index is 1.72. The number of carbonyl (C=O) groups is 2. The van der Waals surface area contributed by atoms with E-state index in [1.54, 1.807) is 0 Å². The van der Waals surface area contributed by atoms with Crippen molar-refractivity contribution in [2.45, 2.75) is 32.2 Å². The Labute approximate surface area is 120 Å². The molecule has 2 amide bonds. The summed E-state index contributed by atoms with van der Waals surface area (Å²) >= 11 is 0. The van der Waals surface area contributed by atoms with E-state index in [0.29, 0.717) is 18.9 Å². The summed E-state index contributed by atoms with van der Waals surface area (Å²) in [6.45, 7) is 8.36. The van der Waals surface area contributed by atoms with Gasteiger partial charge in [0.2, 0.25) is 11.8 Å². The van der Waals surface area contributed by atoms with E-state index in [9.17, 15) is 9.59 Å². The van der Waals surface area contributed by atoms with Gasteiger partial charge >= 0.3 is 0 Å². The van der Waals surface area contributed by atoms with E-state index in [2.05, 4.69) is 27.4 Å². The summed E-state index contributed by atoms with van der Waals surface area (Å²) < 4.78 is 0. The van der Waals surface area contributed by atoms with Gasteiger partial charge in [0, 0.05) is 58.2 Å². The topological polar surface area (TPSA) is 64.7 Å². The average molecular weight is 282 g/mol. The third-order valence-corrected chi connectivity index (χ3v) is 4.24. The molecule has 0 aromatic rings. The zero-order valence-electron chi connectivity index (χ0n) is 12.4. The van der Waals surface area contributed by atoms with Crippen LogP contribution in [0.2, 0.25) is 0 Å². The largest absolute Gasteiger partial charge is 0.355 e. The van der Waals surface area contributed by atoms with Gasteiger partial charge in [0.15, 0.2) is 0 Å². The molecule has 2 N–H and O–H groups in total. The number of rotatable bonds is 4. The fourth-order valence-corrected chi connectivity index (χ4v) is 2.81. The summed E-state index contributed by atoms with van der Waals surface area (Å²) in [5.74, 6) is 0.328. The molecular formula is C14H26N4O2. The Morgan fingerprint density at radius 1 is 1.00 bits per heavy atom. The quantitative estimate of drug-likeness (QED) is 0.723. The van der Waals surface area contributed by atoms with Crippen LogP contribution in [0.1, 0.15) is 26.2 Å². The van der Waals surface area contributed by atoms with E-state index in [1.807, 2.05) is 0 Å². The van der Waals surface area contributed by atoms with Crippen molar-refractivity contribution in [1.29, 1.82) is 0 Å². The number of amides is 2. The van der Waals surface area contributed by atoms with Gasteiger partial charge in [-0.15, -0.1) is 0 Å². The van der Waals surface area contributed by atoms with Gasteiger partial charge in [-0.25, -0.2) is 0 Å². The van der Waals surface area contributed by atoms with E-state index in [1.165, 1.54) is 0 Å². The molecule has 1 unspecified atom stereocenters. The molecule has 0 saturated carbocycles. The lowest BCUT2D eigenvalue weighted by Crippen LogP contribution is -2.39. The van der Waals surface area contributed by atoms with Crippen molar-refractivity contribution >= 4 is 11.8 Å². The predicted octanol–water partition coefficient (Wildman–Crippen LogP) is -0.591. The molecule has 1 atom stereocenters. The molecule has 0 bridgehead atoms. The maximum absolute atomic E-state index is 11.3. The highest BCUT2D eigenvalue weighted by molar-refractivity contribution is 5.76. The lowest BCUT2D eigenvalue weighted by atomic mass is 10.1. The minimum absolute atomic E-state index is 0.164. The van der Waals surface area contributed by atoms with Gasteiger partial charge in [-0.1, -0.05) is 0 Å². The van der Waals surface area contributed by atoms with Crippen LogP contribution in [-0.4, -0.2) is 73.5 Å². The maximum Gasteiger partial charge on any atom is 0.221 e. The molecule has 2 saturated heterocycles. The van der Waals surface area contributed by atoms with Crippen LogP contribution in [0.25, 0.3) is 0 Å². The summed E-state index contributed by atoms with van der Waals surface area (Å²) in [4.78, 5) is 27.4. The van der Waals surface area contributed by atoms with Crippen LogP contribution in [0.3, 0.4) is 0 Å². The van der Waals surface area contributed by atoms with Crippen molar-refractivity contribution in [2.75, 3.05) is 45.8 Å². The second-order valence-corrected chi connectivity index (χ2v) is 5.72. The van der Waals surface area contributed by atoms with Gasteiger partial charge in [-0.2, -0.15) is 0 Å². The molecule has 0 radical (unpaired) electrons. The van der Waals surface area contributed by atoms with E-state index >= 15 is 0 Å². The van der Waals surface area contributed by atoms with Crippen molar-refractivity contribution in [2.24, 2.45) is 0 Å². The third-order valence-electron chi connectivity index (χ3n) is 4.24. The molecule has 6 nitrogen and oxygen atoms in total. The molecule has 114 valence electrons. The first kappa shape index (κ1) is 15.3. The van der Waals surface area contributed by atoms with Crippen LogP contribution in [0.15, 0.2) is 0 Å². The fourth-order valence-electron chi connectivity index (χ4n) is 2.81. The smallest absolute Gasteiger partial charge is 0.221 e. The molecule has 0 aliphatic carbocycles. The van der Waals surface area contributed by atoms with E-state index < -0.39 is 0 Å². The first-order valence-electron chi connectivity index (χ1n) is 7.65. The second kappa shape index (κ2) is 7.59. The van der Waals surface area contributed by atoms with Crippen LogP contribution >= 0.6 is 0 Å². The Morgan fingerprint density at radius 3 is 2.40 bits per heavy atom. The predicted molar refractivity (Wildman–Crippen MR) is 77.3 cm³/mol. The van der Waals surface area contributed by atoms with Crippen molar-refractivity contribution in [3.8, 4) is 0 Å². The molecule has 2 aliphatic heterocycles. The highest BCUT2D eigenvalue weighted by Gasteiger charge is 2.20. The maximum atomic E-state index is 11.3. The van der Waals surface area contributed by atoms with Gasteiger partial charge in [-0.3, -0.25) is 14.5 Å². The zero-order valence-corrected chi connectivity index (χ0v) is 12.4. The molecule has 2 rings (SSSR count). The van der Waals surface area contributed by atoms with Gasteiger partial charge < -0.3 is 15.5 Å². The molecule has 6 heteroatoms. The summed E-state index contributed by atoms with van der Waals surface area (Å²) in [6, 6.07) is 0.481. The number of nitrogens with zero attached hydrogens (tertiary/aromatic N) is 2. The third kappa shape index (κ3) is 4.76. The fraction of sp³-hybridized carbons (Fsp3) is 0.857. The normalized spacial score (nSPS) is 24.4. The monoisotopic (exact) mass is 282 g/mol. The molecule has 2 aliphatic rings. The second-order valence-electron chi connectivity index (χ2n) is 5.72. The number of nitrogens with one attached hydrogen (secondary N) is 2. The van der Waals surface area contributed by atoms with Gasteiger partial charge in [-0.05, 0) is 19.9 Å². The van der Waals surface area contributed by atoms with Gasteiger partial charge in [0.05, 0.1) is 0 Å². The number of carbonyl (C=O) groups excluding carboxylic acids is 2. The molecule has 2 fully saturated rings. The minimum Gasteiger partial charge on any atom is -0.355 e. The van der Waals surface area contributed by atoms with Gasteiger partial charge in [0.25, 0.3) is 0 Å². The highest BCUT2D eigenvalue weighted by Crippen LogP contribution is 2.08. The van der Waals surface area contributed by atoms with Gasteiger partial charge in [0.1, 0.15) is 0 Å². The molecule has 0 aromatic carbocycles. The molecule has 0 aromatic heterocycles.